The second-order valence-electron chi connectivity index (χ2n) is 2.89. The normalized spacial score (nSPS) is 10.6. The summed E-state index contributed by atoms with van der Waals surface area (Å²) in [5, 5.41) is 17.7. The number of halogens is 3. The molecule has 0 aliphatic carbocycles. The number of hydrogen-bond acceptors (Lipinski definition) is 3. The summed E-state index contributed by atoms with van der Waals surface area (Å²) in [7, 11) is -1.69. The molecule has 3 nitrogen and oxygen atoms in total. The van der Waals surface area contributed by atoms with E-state index in [1.165, 1.54) is 19.1 Å². The van der Waals surface area contributed by atoms with E-state index in [1.807, 2.05) is 0 Å². The van der Waals surface area contributed by atoms with Gasteiger partial charge in [0.1, 0.15) is 5.75 Å². The molecule has 1 aromatic carbocycles. The highest BCUT2D eigenvalue weighted by atomic mass is 35.5. The van der Waals surface area contributed by atoms with E-state index in [4.69, 9.17) is 21.6 Å². The molecule has 0 atom stereocenters. The first-order valence-corrected chi connectivity index (χ1v) is 4.40. The second kappa shape index (κ2) is 4.78. The fourth-order valence-electron chi connectivity index (χ4n) is 1.13. The smallest absolute Gasteiger partial charge is 0.433 e. The summed E-state index contributed by atoms with van der Waals surface area (Å²) < 4.78 is 28.0. The van der Waals surface area contributed by atoms with Gasteiger partial charge in [-0.1, -0.05) is 11.6 Å². The van der Waals surface area contributed by atoms with E-state index in [2.05, 4.69) is 4.74 Å². The molecule has 0 saturated carbocycles. The minimum Gasteiger partial charge on any atom is -0.433 e. The molecule has 7 heteroatoms. The maximum absolute atomic E-state index is 11.9. The van der Waals surface area contributed by atoms with Gasteiger partial charge in [0.2, 0.25) is 0 Å². The predicted octanol–water partition coefficient (Wildman–Crippen LogP) is 0.930. The van der Waals surface area contributed by atoms with E-state index in [0.717, 1.165) is 0 Å². The van der Waals surface area contributed by atoms with Gasteiger partial charge in [-0.2, -0.15) is 8.78 Å². The number of alkyl halides is 2. The molecule has 0 aliphatic rings. The first kappa shape index (κ1) is 12.2. The van der Waals surface area contributed by atoms with Crippen molar-refractivity contribution >= 4 is 24.2 Å². The van der Waals surface area contributed by atoms with Gasteiger partial charge in [-0.3, -0.25) is 0 Å². The molecule has 0 unspecified atom stereocenters. The van der Waals surface area contributed by atoms with E-state index < -0.39 is 13.7 Å². The van der Waals surface area contributed by atoms with E-state index in [1.54, 1.807) is 0 Å². The average Bonchev–Trinajstić information content (AvgIpc) is 2.09. The molecule has 0 spiro atoms. The van der Waals surface area contributed by atoms with Crippen LogP contribution in [0.3, 0.4) is 0 Å². The Morgan fingerprint density at radius 3 is 2.47 bits per heavy atom. The summed E-state index contributed by atoms with van der Waals surface area (Å²) >= 11 is 5.61. The van der Waals surface area contributed by atoms with Crippen LogP contribution in [0.1, 0.15) is 5.56 Å². The highest BCUT2D eigenvalue weighted by molar-refractivity contribution is 6.59. The predicted molar refractivity (Wildman–Crippen MR) is 52.6 cm³/mol. The summed E-state index contributed by atoms with van der Waals surface area (Å²) in [5.74, 6) is -0.187. The van der Waals surface area contributed by atoms with Gasteiger partial charge in [0.05, 0.1) is 5.02 Å². The lowest BCUT2D eigenvalue weighted by molar-refractivity contribution is -0.0497. The molecule has 15 heavy (non-hydrogen) atoms. The summed E-state index contributed by atoms with van der Waals surface area (Å²) in [4.78, 5) is 0. The van der Waals surface area contributed by atoms with Crippen LogP contribution in [0.4, 0.5) is 8.78 Å². The number of rotatable bonds is 3. The highest BCUT2D eigenvalue weighted by Crippen LogP contribution is 2.25. The third-order valence-electron chi connectivity index (χ3n) is 1.81. The Morgan fingerprint density at radius 2 is 2.00 bits per heavy atom. The van der Waals surface area contributed by atoms with Gasteiger partial charge in [-0.25, -0.2) is 0 Å². The summed E-state index contributed by atoms with van der Waals surface area (Å²) in [6, 6.07) is 2.41. The van der Waals surface area contributed by atoms with E-state index in [0.29, 0.717) is 5.56 Å². The van der Waals surface area contributed by atoms with Crippen LogP contribution in [0, 0.1) is 6.92 Å². The van der Waals surface area contributed by atoms with Crippen molar-refractivity contribution in [3.63, 3.8) is 0 Å². The van der Waals surface area contributed by atoms with Gasteiger partial charge < -0.3 is 14.8 Å². The Balaban J connectivity index is 3.08. The van der Waals surface area contributed by atoms with Crippen molar-refractivity contribution in [1.29, 1.82) is 0 Å². The Hall–Kier alpha value is -0.845. The molecule has 1 rings (SSSR count). The molecule has 0 aromatic heterocycles. The highest BCUT2D eigenvalue weighted by Gasteiger charge is 2.18. The molecule has 0 heterocycles. The van der Waals surface area contributed by atoms with Crippen molar-refractivity contribution in [1.82, 2.24) is 0 Å². The minimum atomic E-state index is -2.97. The first-order chi connectivity index (χ1) is 6.91. The van der Waals surface area contributed by atoms with Crippen molar-refractivity contribution in [3.05, 3.63) is 22.7 Å². The lowest BCUT2D eigenvalue weighted by Gasteiger charge is -2.10. The fourth-order valence-corrected chi connectivity index (χ4v) is 1.35. The zero-order chi connectivity index (χ0) is 11.6. The summed E-state index contributed by atoms with van der Waals surface area (Å²) in [5.41, 5.74) is 0.562. The van der Waals surface area contributed by atoms with Crippen LogP contribution in [0.2, 0.25) is 5.02 Å². The van der Waals surface area contributed by atoms with Gasteiger partial charge in [0.15, 0.2) is 0 Å². The fraction of sp³-hybridized carbons (Fsp3) is 0.250. The minimum absolute atomic E-state index is 0.0935. The number of hydrogen-bond donors (Lipinski definition) is 2. The van der Waals surface area contributed by atoms with Crippen molar-refractivity contribution in [2.24, 2.45) is 0 Å². The molecule has 0 amide bonds. The van der Waals surface area contributed by atoms with Crippen molar-refractivity contribution < 1.29 is 23.6 Å². The van der Waals surface area contributed by atoms with Crippen LogP contribution in [-0.4, -0.2) is 23.8 Å². The topological polar surface area (TPSA) is 49.7 Å². The van der Waals surface area contributed by atoms with Gasteiger partial charge in [0, 0.05) is 0 Å². The van der Waals surface area contributed by atoms with Gasteiger partial charge in [-0.05, 0) is 30.1 Å². The quantitative estimate of drug-likeness (QED) is 0.768. The van der Waals surface area contributed by atoms with Crippen LogP contribution in [0.5, 0.6) is 5.75 Å². The molecule has 82 valence electrons. The van der Waals surface area contributed by atoms with E-state index in [9.17, 15) is 8.78 Å². The molecule has 2 N–H and O–H groups in total. The van der Waals surface area contributed by atoms with Crippen LogP contribution in [-0.2, 0) is 0 Å². The zero-order valence-corrected chi connectivity index (χ0v) is 8.50. The van der Waals surface area contributed by atoms with E-state index >= 15 is 0 Å². The van der Waals surface area contributed by atoms with Crippen molar-refractivity contribution in [3.8, 4) is 5.75 Å². The Kier molecular flexibility index (Phi) is 3.90. The zero-order valence-electron chi connectivity index (χ0n) is 7.75. The van der Waals surface area contributed by atoms with Crippen LogP contribution >= 0.6 is 11.6 Å². The van der Waals surface area contributed by atoms with Crippen LogP contribution in [0.15, 0.2) is 12.1 Å². The third-order valence-corrected chi connectivity index (χ3v) is 2.11. The Bertz CT molecular complexity index is 360. The molecular formula is C8H8BClF2O3. The lowest BCUT2D eigenvalue weighted by atomic mass is 9.77. The number of ether oxygens (including phenoxy) is 1. The maximum Gasteiger partial charge on any atom is 0.488 e. The average molecular weight is 236 g/mol. The van der Waals surface area contributed by atoms with Gasteiger partial charge in [0.25, 0.3) is 0 Å². The third kappa shape index (κ3) is 3.05. The maximum atomic E-state index is 11.9. The van der Waals surface area contributed by atoms with Crippen molar-refractivity contribution in [2.75, 3.05) is 0 Å². The Labute approximate surface area is 90.4 Å². The van der Waals surface area contributed by atoms with Crippen molar-refractivity contribution in [2.45, 2.75) is 13.5 Å². The number of benzene rings is 1. The first-order valence-electron chi connectivity index (χ1n) is 4.03. The largest absolute Gasteiger partial charge is 0.488 e. The van der Waals surface area contributed by atoms with Crippen LogP contribution in [0.25, 0.3) is 0 Å². The molecule has 1 aromatic rings. The lowest BCUT2D eigenvalue weighted by Crippen LogP contribution is -2.32. The molecule has 0 bridgehead atoms. The standard InChI is InChI=1S/C8H8BClF2O3/c1-4-2-7(15-8(11)12)6(10)3-5(4)9(13)14/h2-3,8,13-14H,1H3. The molecule has 0 aliphatic heterocycles. The Morgan fingerprint density at radius 1 is 1.40 bits per heavy atom. The molecule has 0 fully saturated rings. The van der Waals surface area contributed by atoms with Crippen LogP contribution < -0.4 is 10.2 Å². The summed E-state index contributed by atoms with van der Waals surface area (Å²) in [6.07, 6.45) is 0. The van der Waals surface area contributed by atoms with E-state index in [-0.39, 0.29) is 16.2 Å². The van der Waals surface area contributed by atoms with Gasteiger partial charge in [-0.15, -0.1) is 0 Å². The molecule has 0 saturated heterocycles. The monoisotopic (exact) mass is 236 g/mol. The summed E-state index contributed by atoms with van der Waals surface area (Å²) in [6.45, 7) is -1.43. The van der Waals surface area contributed by atoms with Gasteiger partial charge >= 0.3 is 13.7 Å². The molecule has 0 radical (unpaired) electrons. The SMILES string of the molecule is Cc1cc(OC(F)F)c(Cl)cc1B(O)O. The second-order valence-corrected chi connectivity index (χ2v) is 3.30. The number of aryl methyl sites for hydroxylation is 1. The molecular weight excluding hydrogens is 228 g/mol.